The Balaban J connectivity index is 0.00000341. The van der Waals surface area contributed by atoms with Crippen molar-refractivity contribution in [2.75, 3.05) is 32.9 Å². The first kappa shape index (κ1) is 26.4. The minimum absolute atomic E-state index is 0. The van der Waals surface area contributed by atoms with E-state index < -0.39 is 9.84 Å². The van der Waals surface area contributed by atoms with E-state index in [1.165, 1.54) is 70.7 Å². The summed E-state index contributed by atoms with van der Waals surface area (Å²) in [5.74, 6) is 0.807. The highest BCUT2D eigenvalue weighted by Gasteiger charge is 2.38. The molecule has 1 saturated carbocycles. The van der Waals surface area contributed by atoms with Crippen LogP contribution < -0.4 is 10.6 Å². The van der Waals surface area contributed by atoms with Gasteiger partial charge >= 0.3 is 0 Å². The molecule has 1 aromatic carbocycles. The van der Waals surface area contributed by atoms with Crippen molar-refractivity contribution in [3.8, 4) is 0 Å². The summed E-state index contributed by atoms with van der Waals surface area (Å²) in [6, 6.07) is 5.51. The Hall–Kier alpha value is -0.870. The number of likely N-dealkylation sites (tertiary alicyclic amines) is 1. The van der Waals surface area contributed by atoms with Crippen LogP contribution in [0.1, 0.15) is 62.5 Å². The lowest BCUT2D eigenvalue weighted by Crippen LogP contribution is -2.59. The van der Waals surface area contributed by atoms with Gasteiger partial charge in [0.2, 0.25) is 0 Å². The maximum atomic E-state index is 11.8. The predicted octanol–water partition coefficient (Wildman–Crippen LogP) is 3.87. The van der Waals surface area contributed by atoms with E-state index >= 15 is 0 Å². The Morgan fingerprint density at radius 3 is 2.29 bits per heavy atom. The molecule has 1 aliphatic heterocycles. The van der Waals surface area contributed by atoms with Gasteiger partial charge in [0.25, 0.3) is 0 Å². The Morgan fingerprint density at radius 1 is 1.06 bits per heavy atom. The number of benzene rings is 1. The molecule has 1 saturated heterocycles. The van der Waals surface area contributed by atoms with E-state index in [1.54, 1.807) is 6.07 Å². The molecule has 176 valence electrons. The molecule has 0 atom stereocenters. The average molecular weight is 563 g/mol. The third-order valence-corrected chi connectivity index (χ3v) is 7.98. The zero-order valence-corrected chi connectivity index (χ0v) is 22.4. The second-order valence-corrected chi connectivity index (χ2v) is 11.0. The largest absolute Gasteiger partial charge is 0.355 e. The molecular formula is C23H39IN4O2S. The standard InChI is InChI=1S/C23H38N4O2S.HI/c1-19-16-20(10-11-21(19)30(3,28)29)17-25-22(24-2)26-18-23(12-6-4-7-13-23)27-14-8-5-9-15-27;/h10-11,16H,4-9,12-15,17-18H2,1-3H3,(H2,24,25,26);1H. The zero-order chi connectivity index (χ0) is 21.6. The molecule has 1 aromatic rings. The van der Waals surface area contributed by atoms with Crippen molar-refractivity contribution in [3.63, 3.8) is 0 Å². The van der Waals surface area contributed by atoms with Gasteiger partial charge in [0.1, 0.15) is 0 Å². The molecular weight excluding hydrogens is 523 g/mol. The molecule has 1 heterocycles. The molecule has 2 fully saturated rings. The number of halogens is 1. The Bertz CT molecular complexity index is 845. The molecule has 0 amide bonds. The van der Waals surface area contributed by atoms with Crippen LogP contribution >= 0.6 is 24.0 Å². The quantitative estimate of drug-likeness (QED) is 0.313. The summed E-state index contributed by atoms with van der Waals surface area (Å²) in [6.07, 6.45) is 11.8. The van der Waals surface area contributed by atoms with E-state index in [9.17, 15) is 8.42 Å². The van der Waals surface area contributed by atoms with E-state index in [1.807, 2.05) is 26.1 Å². The van der Waals surface area contributed by atoms with E-state index in [0.717, 1.165) is 23.6 Å². The van der Waals surface area contributed by atoms with Crippen LogP contribution in [0.15, 0.2) is 28.1 Å². The van der Waals surface area contributed by atoms with Crippen molar-refractivity contribution in [1.82, 2.24) is 15.5 Å². The molecule has 1 aliphatic carbocycles. The lowest BCUT2D eigenvalue weighted by Gasteiger charge is -2.48. The molecule has 0 aromatic heterocycles. The number of nitrogens with zero attached hydrogens (tertiary/aromatic N) is 2. The lowest BCUT2D eigenvalue weighted by atomic mass is 9.79. The Kier molecular flexibility index (Phi) is 10.1. The van der Waals surface area contributed by atoms with Crippen LogP contribution in [-0.2, 0) is 16.4 Å². The number of aryl methyl sites for hydroxylation is 1. The van der Waals surface area contributed by atoms with Gasteiger partial charge in [-0.1, -0.05) is 37.8 Å². The topological polar surface area (TPSA) is 73.8 Å². The molecule has 8 heteroatoms. The molecule has 0 bridgehead atoms. The number of rotatable bonds is 6. The van der Waals surface area contributed by atoms with Crippen molar-refractivity contribution in [2.45, 2.75) is 75.3 Å². The number of hydrogen-bond acceptors (Lipinski definition) is 4. The molecule has 31 heavy (non-hydrogen) atoms. The van der Waals surface area contributed by atoms with Crippen LogP contribution in [0.4, 0.5) is 0 Å². The number of sulfone groups is 1. The number of piperidine rings is 1. The van der Waals surface area contributed by atoms with Crippen molar-refractivity contribution < 1.29 is 8.42 Å². The molecule has 0 spiro atoms. The maximum absolute atomic E-state index is 11.8. The van der Waals surface area contributed by atoms with Crippen molar-refractivity contribution in [2.24, 2.45) is 4.99 Å². The first-order valence-corrected chi connectivity index (χ1v) is 13.2. The zero-order valence-electron chi connectivity index (χ0n) is 19.2. The van der Waals surface area contributed by atoms with E-state index in [2.05, 4.69) is 20.5 Å². The Labute approximate surface area is 205 Å². The van der Waals surface area contributed by atoms with Gasteiger partial charge in [-0.25, -0.2) is 8.42 Å². The van der Waals surface area contributed by atoms with Crippen molar-refractivity contribution in [1.29, 1.82) is 0 Å². The minimum Gasteiger partial charge on any atom is -0.355 e. The summed E-state index contributed by atoms with van der Waals surface area (Å²) < 4.78 is 23.6. The van der Waals surface area contributed by atoms with Gasteiger partial charge in [-0.05, 0) is 62.9 Å². The van der Waals surface area contributed by atoms with Gasteiger partial charge in [0.15, 0.2) is 15.8 Å². The highest BCUT2D eigenvalue weighted by Crippen LogP contribution is 2.35. The molecule has 2 aliphatic rings. The van der Waals surface area contributed by atoms with Crippen LogP contribution in [0, 0.1) is 6.92 Å². The van der Waals surface area contributed by atoms with E-state index in [4.69, 9.17) is 0 Å². The number of guanidine groups is 1. The fourth-order valence-electron chi connectivity index (χ4n) is 5.08. The molecule has 2 N–H and O–H groups in total. The van der Waals surface area contributed by atoms with Gasteiger partial charge in [-0.2, -0.15) is 0 Å². The fourth-order valence-corrected chi connectivity index (χ4v) is 6.03. The van der Waals surface area contributed by atoms with Crippen molar-refractivity contribution >= 4 is 39.8 Å². The summed E-state index contributed by atoms with van der Waals surface area (Å²) in [5.41, 5.74) is 2.08. The molecule has 0 radical (unpaired) electrons. The normalized spacial score (nSPS) is 20.0. The van der Waals surface area contributed by atoms with E-state index in [0.29, 0.717) is 11.4 Å². The monoisotopic (exact) mass is 562 g/mol. The van der Waals surface area contributed by atoms with Crippen molar-refractivity contribution in [3.05, 3.63) is 29.3 Å². The van der Waals surface area contributed by atoms with Gasteiger partial charge in [-0.3, -0.25) is 9.89 Å². The first-order valence-electron chi connectivity index (χ1n) is 11.3. The second-order valence-electron chi connectivity index (χ2n) is 8.98. The number of aliphatic imine (C=N–C) groups is 1. The van der Waals surface area contributed by atoms with Gasteiger partial charge in [-0.15, -0.1) is 24.0 Å². The highest BCUT2D eigenvalue weighted by molar-refractivity contribution is 14.0. The third-order valence-electron chi connectivity index (χ3n) is 6.72. The van der Waals surface area contributed by atoms with Gasteiger partial charge in [0.05, 0.1) is 4.90 Å². The van der Waals surface area contributed by atoms with Gasteiger partial charge < -0.3 is 10.6 Å². The van der Waals surface area contributed by atoms with Crippen LogP contribution in [-0.4, -0.2) is 57.8 Å². The van der Waals surface area contributed by atoms with Crippen LogP contribution in [0.3, 0.4) is 0 Å². The van der Waals surface area contributed by atoms with Crippen LogP contribution in [0.25, 0.3) is 0 Å². The first-order chi connectivity index (χ1) is 14.3. The Morgan fingerprint density at radius 2 is 1.71 bits per heavy atom. The van der Waals surface area contributed by atoms with Crippen LogP contribution in [0.5, 0.6) is 0 Å². The average Bonchev–Trinajstić information content (AvgIpc) is 2.74. The summed E-state index contributed by atoms with van der Waals surface area (Å²) >= 11 is 0. The minimum atomic E-state index is -3.19. The SMILES string of the molecule is CN=C(NCc1ccc(S(C)(=O)=O)c(C)c1)NCC1(N2CCCCC2)CCCCC1.I. The summed E-state index contributed by atoms with van der Waals surface area (Å²) in [6.45, 7) is 5.83. The molecule has 0 unspecified atom stereocenters. The highest BCUT2D eigenvalue weighted by atomic mass is 127. The maximum Gasteiger partial charge on any atom is 0.191 e. The molecule has 3 rings (SSSR count). The second kappa shape index (κ2) is 11.8. The lowest BCUT2D eigenvalue weighted by molar-refractivity contribution is 0.0368. The fraction of sp³-hybridized carbons (Fsp3) is 0.696. The third kappa shape index (κ3) is 7.05. The predicted molar refractivity (Wildman–Crippen MR) is 139 cm³/mol. The van der Waals surface area contributed by atoms with Gasteiger partial charge in [0, 0.05) is 31.9 Å². The van der Waals surface area contributed by atoms with E-state index in [-0.39, 0.29) is 29.5 Å². The summed E-state index contributed by atoms with van der Waals surface area (Å²) in [7, 11) is -1.38. The number of hydrogen-bond donors (Lipinski definition) is 2. The summed E-state index contributed by atoms with van der Waals surface area (Å²) in [4.78, 5) is 7.56. The summed E-state index contributed by atoms with van der Waals surface area (Å²) in [5, 5.41) is 7.00. The molecule has 6 nitrogen and oxygen atoms in total. The van der Waals surface area contributed by atoms with Crippen LogP contribution in [0.2, 0.25) is 0 Å². The number of nitrogens with one attached hydrogen (secondary N) is 2. The smallest absolute Gasteiger partial charge is 0.191 e.